The molecule has 1 saturated carbocycles. The Morgan fingerprint density at radius 2 is 1.89 bits per heavy atom. The molecule has 0 radical (unpaired) electrons. The van der Waals surface area contributed by atoms with Crippen LogP contribution in [0.4, 0.5) is 0 Å². The van der Waals surface area contributed by atoms with Gasteiger partial charge in [-0.25, -0.2) is 0 Å². The lowest BCUT2D eigenvalue weighted by molar-refractivity contribution is 0.112. The second kappa shape index (κ2) is 7.13. The Labute approximate surface area is 115 Å². The third kappa shape index (κ3) is 3.95. The first-order valence-electron chi connectivity index (χ1n) is 7.13. The van der Waals surface area contributed by atoms with E-state index in [1.807, 2.05) is 12.1 Å². The van der Waals surface area contributed by atoms with E-state index in [1.54, 1.807) is 18.7 Å². The molecule has 0 amide bonds. The van der Waals surface area contributed by atoms with Crippen molar-refractivity contribution in [1.29, 1.82) is 0 Å². The van der Waals surface area contributed by atoms with Crippen molar-refractivity contribution in [3.63, 3.8) is 0 Å². The minimum Gasteiger partial charge on any atom is -0.496 e. The topological polar surface area (TPSA) is 26.3 Å². The number of carbonyl (C=O) groups is 1. The van der Waals surface area contributed by atoms with E-state index in [0.29, 0.717) is 0 Å². The van der Waals surface area contributed by atoms with E-state index in [-0.39, 0.29) is 0 Å². The van der Waals surface area contributed by atoms with E-state index in [0.717, 1.165) is 29.6 Å². The molecule has 1 aliphatic rings. The van der Waals surface area contributed by atoms with Crippen LogP contribution >= 0.6 is 0 Å². The van der Waals surface area contributed by atoms with Crippen LogP contribution in [0.1, 0.15) is 54.4 Å². The van der Waals surface area contributed by atoms with Gasteiger partial charge in [-0.1, -0.05) is 24.5 Å². The quantitative estimate of drug-likeness (QED) is 0.456. The Balaban J connectivity index is 2.12. The van der Waals surface area contributed by atoms with Crippen LogP contribution < -0.4 is 4.74 Å². The molecule has 1 aliphatic carbocycles. The van der Waals surface area contributed by atoms with Gasteiger partial charge in [0, 0.05) is 5.56 Å². The van der Waals surface area contributed by atoms with Gasteiger partial charge in [0.1, 0.15) is 12.0 Å². The van der Waals surface area contributed by atoms with Gasteiger partial charge in [-0.05, 0) is 55.9 Å². The highest BCUT2D eigenvalue weighted by molar-refractivity contribution is 5.75. The Bertz CT molecular complexity index is 450. The molecule has 0 saturated heterocycles. The summed E-state index contributed by atoms with van der Waals surface area (Å²) in [6.07, 6.45) is 11.9. The average Bonchev–Trinajstić information content (AvgIpc) is 2.73. The molecule has 0 aliphatic heterocycles. The van der Waals surface area contributed by atoms with Crippen LogP contribution in [0.2, 0.25) is 0 Å². The second-order valence-corrected chi connectivity index (χ2v) is 5.17. The first kappa shape index (κ1) is 13.9. The monoisotopic (exact) mass is 258 g/mol. The van der Waals surface area contributed by atoms with Gasteiger partial charge in [0.2, 0.25) is 0 Å². The fraction of sp³-hybridized carbons (Fsp3) is 0.471. The van der Waals surface area contributed by atoms with E-state index in [1.165, 1.54) is 38.5 Å². The molecule has 102 valence electrons. The smallest absolute Gasteiger partial charge is 0.150 e. The number of aldehydes is 1. The molecule has 2 nitrogen and oxygen atoms in total. The Morgan fingerprint density at radius 3 is 2.53 bits per heavy atom. The number of rotatable bonds is 4. The highest BCUT2D eigenvalue weighted by Crippen LogP contribution is 2.25. The lowest BCUT2D eigenvalue weighted by atomic mass is 10.0. The number of allylic oxidation sites excluding steroid dienone is 2. The maximum absolute atomic E-state index is 10.9. The molecule has 0 atom stereocenters. The van der Waals surface area contributed by atoms with Crippen LogP contribution in [0.15, 0.2) is 29.8 Å². The maximum atomic E-state index is 10.9. The molecule has 0 unspecified atom stereocenters. The van der Waals surface area contributed by atoms with Gasteiger partial charge < -0.3 is 4.74 Å². The van der Waals surface area contributed by atoms with Crippen molar-refractivity contribution in [3.05, 3.63) is 41.0 Å². The predicted molar refractivity (Wildman–Crippen MR) is 77.9 cm³/mol. The highest BCUT2D eigenvalue weighted by Gasteiger charge is 2.06. The molecular weight excluding hydrogens is 236 g/mol. The van der Waals surface area contributed by atoms with E-state index < -0.39 is 0 Å². The normalized spacial score (nSPS) is 15.7. The van der Waals surface area contributed by atoms with E-state index >= 15 is 0 Å². The Hall–Kier alpha value is -1.57. The van der Waals surface area contributed by atoms with Crippen LogP contribution in [0.5, 0.6) is 5.75 Å². The largest absolute Gasteiger partial charge is 0.496 e. The zero-order chi connectivity index (χ0) is 13.5. The third-order valence-electron chi connectivity index (χ3n) is 3.80. The maximum Gasteiger partial charge on any atom is 0.150 e. The van der Waals surface area contributed by atoms with Gasteiger partial charge in [-0.2, -0.15) is 0 Å². The fourth-order valence-corrected chi connectivity index (χ4v) is 2.67. The van der Waals surface area contributed by atoms with Crippen molar-refractivity contribution in [3.8, 4) is 5.75 Å². The second-order valence-electron chi connectivity index (χ2n) is 5.17. The summed E-state index contributed by atoms with van der Waals surface area (Å²) in [7, 11) is 1.68. The number of methoxy groups -OCH3 is 1. The lowest BCUT2D eigenvalue weighted by Crippen LogP contribution is -1.94. The molecule has 2 rings (SSSR count). The summed E-state index contributed by atoms with van der Waals surface area (Å²) in [5, 5.41) is 0. The molecule has 0 N–H and O–H groups in total. The van der Waals surface area contributed by atoms with Crippen molar-refractivity contribution in [1.82, 2.24) is 0 Å². The Morgan fingerprint density at radius 1 is 1.16 bits per heavy atom. The third-order valence-corrected chi connectivity index (χ3v) is 3.80. The van der Waals surface area contributed by atoms with Gasteiger partial charge >= 0.3 is 0 Å². The summed E-state index contributed by atoms with van der Waals surface area (Å²) >= 11 is 0. The molecular formula is C17H22O2. The van der Waals surface area contributed by atoms with Crippen LogP contribution in [-0.4, -0.2) is 13.4 Å². The summed E-state index contributed by atoms with van der Waals surface area (Å²) in [6, 6.07) is 5.61. The summed E-state index contributed by atoms with van der Waals surface area (Å²) in [6.45, 7) is 0. The van der Waals surface area contributed by atoms with Gasteiger partial charge in [-0.3, -0.25) is 4.79 Å². The minimum atomic E-state index is 0.718. The van der Waals surface area contributed by atoms with Crippen molar-refractivity contribution in [2.45, 2.75) is 44.9 Å². The van der Waals surface area contributed by atoms with Crippen LogP contribution in [0.3, 0.4) is 0 Å². The molecule has 0 heterocycles. The van der Waals surface area contributed by atoms with Gasteiger partial charge in [-0.15, -0.1) is 0 Å². The number of ether oxygens (including phenoxy) is 1. The number of hydrogen-bond acceptors (Lipinski definition) is 2. The summed E-state index contributed by atoms with van der Waals surface area (Å²) in [4.78, 5) is 10.9. The first-order valence-corrected chi connectivity index (χ1v) is 7.13. The standard InChI is InChI=1S/C17H22O2/c1-19-17-11-9-15(13-18)12-16(17)10-8-14-6-4-2-3-5-7-14/h8-9,11-13H,2-7,10H2,1H3. The molecule has 1 aromatic carbocycles. The molecule has 1 aromatic rings. The average molecular weight is 258 g/mol. The van der Waals surface area contributed by atoms with Crippen LogP contribution in [0, 0.1) is 0 Å². The molecule has 2 heteroatoms. The molecule has 19 heavy (non-hydrogen) atoms. The van der Waals surface area contributed by atoms with Crippen molar-refractivity contribution >= 4 is 6.29 Å². The number of hydrogen-bond donors (Lipinski definition) is 0. The summed E-state index contributed by atoms with van der Waals surface area (Å²) in [5.41, 5.74) is 3.38. The Kier molecular flexibility index (Phi) is 5.20. The SMILES string of the molecule is COc1ccc(C=O)cc1CC=C1CCCCCC1. The highest BCUT2D eigenvalue weighted by atomic mass is 16.5. The zero-order valence-electron chi connectivity index (χ0n) is 11.7. The van der Waals surface area contributed by atoms with Crippen LogP contribution in [-0.2, 0) is 6.42 Å². The molecule has 0 spiro atoms. The van der Waals surface area contributed by atoms with Crippen LogP contribution in [0.25, 0.3) is 0 Å². The lowest BCUT2D eigenvalue weighted by Gasteiger charge is -2.08. The van der Waals surface area contributed by atoms with Gasteiger partial charge in [0.25, 0.3) is 0 Å². The van der Waals surface area contributed by atoms with Gasteiger partial charge in [0.15, 0.2) is 0 Å². The van der Waals surface area contributed by atoms with Gasteiger partial charge in [0.05, 0.1) is 7.11 Å². The number of benzene rings is 1. The van der Waals surface area contributed by atoms with E-state index in [9.17, 15) is 4.79 Å². The molecule has 0 aromatic heterocycles. The fourth-order valence-electron chi connectivity index (χ4n) is 2.67. The van der Waals surface area contributed by atoms with Crippen molar-refractivity contribution < 1.29 is 9.53 Å². The summed E-state index contributed by atoms with van der Waals surface area (Å²) < 4.78 is 5.36. The van der Waals surface area contributed by atoms with E-state index in [4.69, 9.17) is 4.74 Å². The molecule has 0 bridgehead atoms. The minimum absolute atomic E-state index is 0.718. The van der Waals surface area contributed by atoms with Crippen molar-refractivity contribution in [2.75, 3.05) is 7.11 Å². The first-order chi connectivity index (χ1) is 9.33. The van der Waals surface area contributed by atoms with Crippen molar-refractivity contribution in [2.24, 2.45) is 0 Å². The number of carbonyl (C=O) groups excluding carboxylic acids is 1. The predicted octanol–water partition coefficient (Wildman–Crippen LogP) is 4.33. The van der Waals surface area contributed by atoms with E-state index in [2.05, 4.69) is 6.08 Å². The summed E-state index contributed by atoms with van der Waals surface area (Å²) in [5.74, 6) is 0.871. The zero-order valence-corrected chi connectivity index (χ0v) is 11.7. The molecule has 1 fully saturated rings.